The molecule has 1 atom stereocenters. The van der Waals surface area contributed by atoms with Crippen LogP contribution in [0.25, 0.3) is 0 Å². The molecule has 0 aliphatic rings. The number of ether oxygens (including phenoxy) is 1. The number of hydrogen-bond acceptors (Lipinski definition) is 3. The number of hydrogen-bond donors (Lipinski definition) is 1. The smallest absolute Gasteiger partial charge is 0.260 e. The van der Waals surface area contributed by atoms with Gasteiger partial charge in [0.05, 0.1) is 12.5 Å². The minimum Gasteiger partial charge on any atom is -0.481 e. The number of carbonyl (C=O) groups excluding carboxylic acids is 1. The fourth-order valence-electron chi connectivity index (χ4n) is 1.24. The van der Waals surface area contributed by atoms with Crippen LogP contribution < -0.4 is 10.1 Å². The van der Waals surface area contributed by atoms with Crippen LogP contribution in [-0.4, -0.2) is 19.1 Å². The normalized spacial score (nSPS) is 11.3. The molecule has 1 amide bonds. The van der Waals surface area contributed by atoms with Gasteiger partial charge in [-0.3, -0.25) is 4.79 Å². The van der Waals surface area contributed by atoms with E-state index in [0.29, 0.717) is 12.2 Å². The maximum absolute atomic E-state index is 11.2. The van der Waals surface area contributed by atoms with Crippen LogP contribution in [0, 0.1) is 11.3 Å². The van der Waals surface area contributed by atoms with Gasteiger partial charge < -0.3 is 10.1 Å². The monoisotopic (exact) mass is 218 g/mol. The van der Waals surface area contributed by atoms with Gasteiger partial charge in [0.2, 0.25) is 0 Å². The van der Waals surface area contributed by atoms with Crippen LogP contribution in [0.4, 0.5) is 0 Å². The molecule has 1 aromatic rings. The van der Waals surface area contributed by atoms with Gasteiger partial charge in [0.15, 0.2) is 6.10 Å². The Morgan fingerprint density at radius 2 is 2.12 bits per heavy atom. The molecule has 1 aromatic carbocycles. The van der Waals surface area contributed by atoms with E-state index in [4.69, 9.17) is 10.00 Å². The molecule has 84 valence electrons. The van der Waals surface area contributed by atoms with E-state index in [0.717, 1.165) is 5.56 Å². The molecule has 4 heteroatoms. The molecule has 0 saturated carbocycles. The summed E-state index contributed by atoms with van der Waals surface area (Å²) in [6.45, 7) is 1.68. The number of likely N-dealkylation sites (N-methyl/N-ethyl adjacent to an activating group) is 1. The lowest BCUT2D eigenvalue weighted by atomic mass is 10.2. The van der Waals surface area contributed by atoms with Gasteiger partial charge in [-0.1, -0.05) is 12.1 Å². The molecule has 0 aromatic heterocycles. The van der Waals surface area contributed by atoms with Crippen molar-refractivity contribution >= 4 is 5.91 Å². The van der Waals surface area contributed by atoms with E-state index >= 15 is 0 Å². The lowest BCUT2D eigenvalue weighted by Crippen LogP contribution is -2.33. The number of nitrogens with one attached hydrogen (secondary N) is 1. The van der Waals surface area contributed by atoms with Crippen molar-refractivity contribution in [3.63, 3.8) is 0 Å². The second-order valence-corrected chi connectivity index (χ2v) is 3.35. The van der Waals surface area contributed by atoms with Crippen LogP contribution in [0.1, 0.15) is 12.5 Å². The van der Waals surface area contributed by atoms with Crippen molar-refractivity contribution in [1.29, 1.82) is 5.26 Å². The van der Waals surface area contributed by atoms with Crippen molar-refractivity contribution in [2.75, 3.05) is 7.05 Å². The number of carbonyl (C=O) groups is 1. The molecule has 1 rings (SSSR count). The van der Waals surface area contributed by atoms with Crippen molar-refractivity contribution in [2.45, 2.75) is 19.4 Å². The van der Waals surface area contributed by atoms with E-state index < -0.39 is 6.10 Å². The van der Waals surface area contributed by atoms with E-state index in [1.807, 2.05) is 12.1 Å². The first-order chi connectivity index (χ1) is 7.67. The van der Waals surface area contributed by atoms with Crippen LogP contribution in [0.5, 0.6) is 5.75 Å². The molecule has 4 nitrogen and oxygen atoms in total. The van der Waals surface area contributed by atoms with Crippen LogP contribution in [0.15, 0.2) is 24.3 Å². The van der Waals surface area contributed by atoms with Gasteiger partial charge in [-0.15, -0.1) is 0 Å². The third-order valence-corrected chi connectivity index (χ3v) is 2.14. The van der Waals surface area contributed by atoms with E-state index in [2.05, 4.69) is 11.4 Å². The quantitative estimate of drug-likeness (QED) is 0.827. The van der Waals surface area contributed by atoms with E-state index in [-0.39, 0.29) is 5.91 Å². The highest BCUT2D eigenvalue weighted by Crippen LogP contribution is 2.14. The van der Waals surface area contributed by atoms with Crippen LogP contribution in [-0.2, 0) is 11.2 Å². The zero-order chi connectivity index (χ0) is 12.0. The number of benzene rings is 1. The largest absolute Gasteiger partial charge is 0.481 e. The molecule has 0 heterocycles. The van der Waals surface area contributed by atoms with Crippen molar-refractivity contribution < 1.29 is 9.53 Å². The number of nitriles is 1. The third kappa shape index (κ3) is 3.28. The zero-order valence-electron chi connectivity index (χ0n) is 9.36. The fourth-order valence-corrected chi connectivity index (χ4v) is 1.24. The Bertz CT molecular complexity index is 392. The molecule has 0 aliphatic heterocycles. The van der Waals surface area contributed by atoms with Gasteiger partial charge >= 0.3 is 0 Å². The average Bonchev–Trinajstić information content (AvgIpc) is 2.31. The van der Waals surface area contributed by atoms with Gasteiger partial charge in [-0.2, -0.15) is 5.26 Å². The summed E-state index contributed by atoms with van der Waals surface area (Å²) in [7, 11) is 1.57. The van der Waals surface area contributed by atoms with Gasteiger partial charge in [0, 0.05) is 7.05 Å². The predicted octanol–water partition coefficient (Wildman–Crippen LogP) is 1.27. The van der Waals surface area contributed by atoms with Gasteiger partial charge in [-0.25, -0.2) is 0 Å². The van der Waals surface area contributed by atoms with E-state index in [1.165, 1.54) is 0 Å². The summed E-state index contributed by atoms with van der Waals surface area (Å²) in [4.78, 5) is 11.2. The first kappa shape index (κ1) is 12.1. The Kier molecular flexibility index (Phi) is 4.34. The lowest BCUT2D eigenvalue weighted by molar-refractivity contribution is -0.126. The summed E-state index contributed by atoms with van der Waals surface area (Å²) in [5, 5.41) is 11.0. The third-order valence-electron chi connectivity index (χ3n) is 2.14. The molecule has 0 spiro atoms. The maximum Gasteiger partial charge on any atom is 0.260 e. The first-order valence-electron chi connectivity index (χ1n) is 5.01. The highest BCUT2D eigenvalue weighted by Gasteiger charge is 2.11. The molecule has 0 aliphatic carbocycles. The molecular formula is C12H14N2O2. The SMILES string of the molecule is CNC(=O)C(C)Oc1ccc(CC#N)cc1. The summed E-state index contributed by atoms with van der Waals surface area (Å²) in [5.41, 5.74) is 0.933. The van der Waals surface area contributed by atoms with Crippen molar-refractivity contribution in [3.05, 3.63) is 29.8 Å². The van der Waals surface area contributed by atoms with E-state index in [9.17, 15) is 4.79 Å². The zero-order valence-corrected chi connectivity index (χ0v) is 9.36. The lowest BCUT2D eigenvalue weighted by Gasteiger charge is -2.13. The Labute approximate surface area is 94.8 Å². The summed E-state index contributed by atoms with van der Waals surface area (Å²) >= 11 is 0. The summed E-state index contributed by atoms with van der Waals surface area (Å²) in [6.07, 6.45) is -0.141. The second-order valence-electron chi connectivity index (χ2n) is 3.35. The number of amides is 1. The highest BCUT2D eigenvalue weighted by atomic mass is 16.5. The van der Waals surface area contributed by atoms with Gasteiger partial charge in [0.25, 0.3) is 5.91 Å². The fraction of sp³-hybridized carbons (Fsp3) is 0.333. The summed E-state index contributed by atoms with van der Waals surface area (Å²) < 4.78 is 5.41. The van der Waals surface area contributed by atoms with Gasteiger partial charge in [0.1, 0.15) is 5.75 Å². The topological polar surface area (TPSA) is 62.1 Å². The molecule has 0 bridgehead atoms. The Hall–Kier alpha value is -2.02. The molecule has 16 heavy (non-hydrogen) atoms. The molecule has 0 saturated heterocycles. The molecular weight excluding hydrogens is 204 g/mol. The average molecular weight is 218 g/mol. The number of nitrogens with zero attached hydrogens (tertiary/aromatic N) is 1. The minimum absolute atomic E-state index is 0.166. The molecule has 1 unspecified atom stereocenters. The minimum atomic E-state index is -0.521. The summed E-state index contributed by atoms with van der Waals surface area (Å²) in [6, 6.07) is 9.21. The number of rotatable bonds is 4. The summed E-state index contributed by atoms with van der Waals surface area (Å²) in [5.74, 6) is 0.457. The van der Waals surface area contributed by atoms with Crippen LogP contribution in [0.3, 0.4) is 0 Å². The standard InChI is InChI=1S/C12H14N2O2/c1-9(12(15)14-2)16-11-5-3-10(4-6-11)7-8-13/h3-6,9H,7H2,1-2H3,(H,14,15). The second kappa shape index (κ2) is 5.76. The Morgan fingerprint density at radius 1 is 1.50 bits per heavy atom. The molecule has 0 fully saturated rings. The maximum atomic E-state index is 11.2. The van der Waals surface area contributed by atoms with Crippen molar-refractivity contribution in [2.24, 2.45) is 0 Å². The van der Waals surface area contributed by atoms with Crippen molar-refractivity contribution in [1.82, 2.24) is 5.32 Å². The Morgan fingerprint density at radius 3 is 2.62 bits per heavy atom. The van der Waals surface area contributed by atoms with Crippen LogP contribution >= 0.6 is 0 Å². The highest BCUT2D eigenvalue weighted by molar-refractivity contribution is 5.80. The van der Waals surface area contributed by atoms with Crippen LogP contribution in [0.2, 0.25) is 0 Å². The van der Waals surface area contributed by atoms with E-state index in [1.54, 1.807) is 26.1 Å². The Balaban J connectivity index is 2.62. The molecule has 1 N–H and O–H groups in total. The first-order valence-corrected chi connectivity index (χ1v) is 5.01. The van der Waals surface area contributed by atoms with Gasteiger partial charge in [-0.05, 0) is 24.6 Å². The predicted molar refractivity (Wildman–Crippen MR) is 59.9 cm³/mol. The van der Waals surface area contributed by atoms with Crippen molar-refractivity contribution in [3.8, 4) is 11.8 Å². The molecule has 0 radical (unpaired) electrons.